The zero-order valence-electron chi connectivity index (χ0n) is 14.7. The van der Waals surface area contributed by atoms with Crippen LogP contribution < -0.4 is 0 Å². The van der Waals surface area contributed by atoms with Gasteiger partial charge in [-0.1, -0.05) is 58.3 Å². The van der Waals surface area contributed by atoms with Crippen LogP contribution in [0.5, 0.6) is 0 Å². The Kier molecular flexibility index (Phi) is 12.1. The molecule has 0 spiro atoms. The Hall–Kier alpha value is -0.220. The van der Waals surface area contributed by atoms with Crippen LogP contribution in [0.25, 0.3) is 0 Å². The highest BCUT2D eigenvalue weighted by Gasteiger charge is 2.25. The number of hydrogen-bond acceptors (Lipinski definition) is 5. The lowest BCUT2D eigenvalue weighted by atomic mass is 10.1. The summed E-state index contributed by atoms with van der Waals surface area (Å²) in [5.41, 5.74) is 0. The van der Waals surface area contributed by atoms with Crippen molar-refractivity contribution >= 4 is 20.2 Å². The fourth-order valence-corrected chi connectivity index (χ4v) is 4.04. The van der Waals surface area contributed by atoms with Gasteiger partial charge in [-0.05, 0) is 13.3 Å². The topological polar surface area (TPSA) is 118 Å². The molecule has 0 heterocycles. The second-order valence-electron chi connectivity index (χ2n) is 6.33. The predicted octanol–water partition coefficient (Wildman–Crippen LogP) is 3.07. The molecule has 0 aliphatic heterocycles. The van der Waals surface area contributed by atoms with Gasteiger partial charge in [0.05, 0.1) is 12.2 Å². The Bertz CT molecular complexity index is 480. The molecular weight excluding hydrogens is 356 g/mol. The minimum atomic E-state index is -4.38. The third-order valence-electron chi connectivity index (χ3n) is 3.68. The van der Waals surface area contributed by atoms with Gasteiger partial charge in [-0.3, -0.25) is 9.11 Å². The molecule has 146 valence electrons. The molecule has 0 saturated carbocycles. The van der Waals surface area contributed by atoms with Crippen molar-refractivity contribution in [3.05, 3.63) is 0 Å². The molecule has 0 aromatic rings. The lowest BCUT2D eigenvalue weighted by Gasteiger charge is -2.20. The highest BCUT2D eigenvalue weighted by atomic mass is 32.2. The lowest BCUT2D eigenvalue weighted by Crippen LogP contribution is -2.33. The van der Waals surface area contributed by atoms with Gasteiger partial charge >= 0.3 is 0 Å². The summed E-state index contributed by atoms with van der Waals surface area (Å²) in [5, 5.41) is 0. The van der Waals surface area contributed by atoms with Crippen molar-refractivity contribution < 1.29 is 30.7 Å². The lowest BCUT2D eigenvalue weighted by molar-refractivity contribution is 0.0152. The standard InChI is InChI=1S/C15H32O7S2/c1-3-4-5-6-7-8-9-10-11-14(2)22-15(12-23(16,17)18)13-24(19,20)21/h14-15H,3-13H2,1-2H3,(H,16,17,18)(H,19,20,21). The molecule has 0 saturated heterocycles. The molecule has 1 atom stereocenters. The predicted molar refractivity (Wildman–Crippen MR) is 94.4 cm³/mol. The molecule has 0 aliphatic rings. The van der Waals surface area contributed by atoms with E-state index in [9.17, 15) is 16.8 Å². The zero-order chi connectivity index (χ0) is 18.6. The van der Waals surface area contributed by atoms with Crippen LogP contribution in [0.1, 0.15) is 71.6 Å². The Labute approximate surface area is 146 Å². The van der Waals surface area contributed by atoms with Crippen LogP contribution in [-0.4, -0.2) is 49.7 Å². The van der Waals surface area contributed by atoms with Crippen LogP contribution in [0.2, 0.25) is 0 Å². The summed E-state index contributed by atoms with van der Waals surface area (Å²) in [6.07, 6.45) is 8.32. The molecule has 0 aliphatic carbocycles. The zero-order valence-corrected chi connectivity index (χ0v) is 16.3. The van der Waals surface area contributed by atoms with Crippen molar-refractivity contribution in [3.8, 4) is 0 Å². The van der Waals surface area contributed by atoms with Crippen molar-refractivity contribution in [2.75, 3.05) is 11.5 Å². The van der Waals surface area contributed by atoms with E-state index in [1.807, 2.05) is 0 Å². The summed E-state index contributed by atoms with van der Waals surface area (Å²) in [4.78, 5) is 0. The molecule has 2 N–H and O–H groups in total. The van der Waals surface area contributed by atoms with E-state index in [-0.39, 0.29) is 6.10 Å². The third kappa shape index (κ3) is 16.6. The summed E-state index contributed by atoms with van der Waals surface area (Å²) < 4.78 is 66.7. The van der Waals surface area contributed by atoms with Crippen molar-refractivity contribution in [3.63, 3.8) is 0 Å². The summed E-state index contributed by atoms with van der Waals surface area (Å²) in [6.45, 7) is 3.90. The minimum absolute atomic E-state index is 0.349. The van der Waals surface area contributed by atoms with Gasteiger partial charge in [0.15, 0.2) is 0 Å². The Morgan fingerprint density at radius 2 is 1.21 bits per heavy atom. The van der Waals surface area contributed by atoms with E-state index in [0.29, 0.717) is 6.42 Å². The molecule has 0 aromatic carbocycles. The largest absolute Gasteiger partial charge is 0.373 e. The molecule has 0 amide bonds. The molecule has 0 aromatic heterocycles. The maximum absolute atomic E-state index is 10.9. The molecule has 0 bridgehead atoms. The quantitative estimate of drug-likeness (QED) is 0.327. The maximum Gasteiger partial charge on any atom is 0.267 e. The Balaban J connectivity index is 4.07. The molecule has 1 unspecified atom stereocenters. The van der Waals surface area contributed by atoms with E-state index in [4.69, 9.17) is 13.8 Å². The molecule has 0 radical (unpaired) electrons. The first-order valence-corrected chi connectivity index (χ1v) is 11.8. The van der Waals surface area contributed by atoms with E-state index < -0.39 is 37.8 Å². The summed E-state index contributed by atoms with van der Waals surface area (Å²) in [6, 6.07) is 0. The fraction of sp³-hybridized carbons (Fsp3) is 1.00. The first kappa shape index (κ1) is 23.8. The molecule has 0 rings (SSSR count). The van der Waals surface area contributed by atoms with Gasteiger partial charge in [0.25, 0.3) is 20.2 Å². The number of hydrogen-bond donors (Lipinski definition) is 2. The Morgan fingerprint density at radius 1 is 0.792 bits per heavy atom. The van der Waals surface area contributed by atoms with Crippen LogP contribution in [0, 0.1) is 0 Å². The first-order valence-electron chi connectivity index (χ1n) is 8.59. The van der Waals surface area contributed by atoms with Crippen molar-refractivity contribution in [2.24, 2.45) is 0 Å². The van der Waals surface area contributed by atoms with E-state index in [1.54, 1.807) is 6.92 Å². The van der Waals surface area contributed by atoms with Crippen molar-refractivity contribution in [1.82, 2.24) is 0 Å². The normalized spacial score (nSPS) is 14.2. The highest BCUT2D eigenvalue weighted by Crippen LogP contribution is 2.14. The van der Waals surface area contributed by atoms with Gasteiger partial charge in [0, 0.05) is 0 Å². The monoisotopic (exact) mass is 388 g/mol. The van der Waals surface area contributed by atoms with Gasteiger partial charge in [-0.2, -0.15) is 16.8 Å². The van der Waals surface area contributed by atoms with Gasteiger partial charge in [0.2, 0.25) is 0 Å². The second-order valence-corrected chi connectivity index (χ2v) is 9.32. The minimum Gasteiger partial charge on any atom is -0.373 e. The van der Waals surface area contributed by atoms with Gasteiger partial charge in [-0.25, -0.2) is 0 Å². The molecule has 24 heavy (non-hydrogen) atoms. The Morgan fingerprint density at radius 3 is 1.62 bits per heavy atom. The molecule has 7 nitrogen and oxygen atoms in total. The molecule has 9 heteroatoms. The average Bonchev–Trinajstić information content (AvgIpc) is 2.37. The van der Waals surface area contributed by atoms with Crippen LogP contribution in [0.15, 0.2) is 0 Å². The van der Waals surface area contributed by atoms with E-state index >= 15 is 0 Å². The molecule has 0 fully saturated rings. The summed E-state index contributed by atoms with van der Waals surface area (Å²) >= 11 is 0. The number of rotatable bonds is 15. The van der Waals surface area contributed by atoms with E-state index in [0.717, 1.165) is 19.3 Å². The first-order chi connectivity index (χ1) is 11.0. The van der Waals surface area contributed by atoms with Crippen LogP contribution in [-0.2, 0) is 25.0 Å². The SMILES string of the molecule is CCCCCCCCCCC(C)OC(CS(=O)(=O)O)CS(=O)(=O)O. The van der Waals surface area contributed by atoms with Gasteiger partial charge in [0.1, 0.15) is 11.5 Å². The summed E-state index contributed by atoms with van der Waals surface area (Å²) in [7, 11) is -8.76. The fourth-order valence-electron chi connectivity index (χ4n) is 2.56. The second kappa shape index (κ2) is 12.2. The smallest absolute Gasteiger partial charge is 0.267 e. The molecular formula is C15H32O7S2. The van der Waals surface area contributed by atoms with Crippen LogP contribution >= 0.6 is 0 Å². The highest BCUT2D eigenvalue weighted by molar-refractivity contribution is 7.86. The number of unbranched alkanes of at least 4 members (excludes halogenated alkanes) is 7. The summed E-state index contributed by atoms with van der Waals surface area (Å²) in [5.74, 6) is -1.71. The maximum atomic E-state index is 10.9. The van der Waals surface area contributed by atoms with Crippen molar-refractivity contribution in [1.29, 1.82) is 0 Å². The van der Waals surface area contributed by atoms with E-state index in [1.165, 1.54) is 32.1 Å². The van der Waals surface area contributed by atoms with E-state index in [2.05, 4.69) is 6.92 Å². The van der Waals surface area contributed by atoms with Crippen LogP contribution in [0.3, 0.4) is 0 Å². The van der Waals surface area contributed by atoms with Gasteiger partial charge in [-0.15, -0.1) is 0 Å². The van der Waals surface area contributed by atoms with Gasteiger partial charge < -0.3 is 4.74 Å². The average molecular weight is 389 g/mol. The number of ether oxygens (including phenoxy) is 1. The van der Waals surface area contributed by atoms with Crippen LogP contribution in [0.4, 0.5) is 0 Å². The van der Waals surface area contributed by atoms with Crippen molar-refractivity contribution in [2.45, 2.75) is 83.8 Å². The third-order valence-corrected chi connectivity index (χ3v) is 5.27.